The lowest BCUT2D eigenvalue weighted by molar-refractivity contribution is -0.152. The molecule has 0 aliphatic rings. The molecule has 0 heterocycles. The van der Waals surface area contributed by atoms with E-state index in [9.17, 15) is 14.4 Å². The molecule has 2 rings (SSSR count). The molecule has 0 aliphatic carbocycles. The molecule has 0 fully saturated rings. The Labute approximate surface area is 186 Å². The first-order chi connectivity index (χ1) is 15.0. The SMILES string of the molecule is CCCC(=O)OCOC(=O)NCCC(Cc1ccccc1)C(=O)Oc1ccc(Cl)cc1. The number of rotatable bonds is 11. The minimum absolute atomic E-state index is 0.189. The van der Waals surface area contributed by atoms with Crippen LogP contribution in [-0.2, 0) is 25.5 Å². The van der Waals surface area contributed by atoms with Crippen LogP contribution in [0.2, 0.25) is 5.02 Å². The van der Waals surface area contributed by atoms with Crippen molar-refractivity contribution in [2.45, 2.75) is 32.6 Å². The first-order valence-corrected chi connectivity index (χ1v) is 10.4. The van der Waals surface area contributed by atoms with E-state index in [4.69, 9.17) is 25.8 Å². The van der Waals surface area contributed by atoms with Crippen molar-refractivity contribution < 1.29 is 28.6 Å². The highest BCUT2D eigenvalue weighted by molar-refractivity contribution is 6.30. The Balaban J connectivity index is 1.86. The Hall–Kier alpha value is -3.06. The topological polar surface area (TPSA) is 90.9 Å². The van der Waals surface area contributed by atoms with E-state index in [1.54, 1.807) is 24.3 Å². The van der Waals surface area contributed by atoms with E-state index in [-0.39, 0.29) is 13.0 Å². The minimum Gasteiger partial charge on any atom is -0.428 e. The Morgan fingerprint density at radius 3 is 2.39 bits per heavy atom. The molecular formula is C23H26ClNO6. The molecule has 2 aromatic carbocycles. The van der Waals surface area contributed by atoms with E-state index in [1.807, 2.05) is 37.3 Å². The van der Waals surface area contributed by atoms with Crippen molar-refractivity contribution in [2.24, 2.45) is 5.92 Å². The van der Waals surface area contributed by atoms with Gasteiger partial charge in [0.1, 0.15) is 5.75 Å². The fraction of sp³-hybridized carbons (Fsp3) is 0.348. The fourth-order valence-electron chi connectivity index (χ4n) is 2.73. The molecular weight excluding hydrogens is 422 g/mol. The van der Waals surface area contributed by atoms with Crippen LogP contribution in [0.5, 0.6) is 5.75 Å². The van der Waals surface area contributed by atoms with Gasteiger partial charge in [-0.05, 0) is 49.1 Å². The molecule has 2 aromatic rings. The molecule has 1 atom stereocenters. The molecule has 1 amide bonds. The zero-order valence-electron chi connectivity index (χ0n) is 17.3. The molecule has 1 unspecified atom stereocenters. The van der Waals surface area contributed by atoms with Crippen LogP contribution >= 0.6 is 11.6 Å². The number of alkyl carbamates (subject to hydrolysis) is 1. The third kappa shape index (κ3) is 9.53. The van der Waals surface area contributed by atoms with Crippen molar-refractivity contribution in [3.05, 3.63) is 65.2 Å². The highest BCUT2D eigenvalue weighted by atomic mass is 35.5. The maximum absolute atomic E-state index is 12.7. The van der Waals surface area contributed by atoms with E-state index in [2.05, 4.69) is 5.32 Å². The number of benzene rings is 2. The number of hydrogen-bond acceptors (Lipinski definition) is 6. The van der Waals surface area contributed by atoms with Gasteiger partial charge >= 0.3 is 18.0 Å². The van der Waals surface area contributed by atoms with Gasteiger partial charge < -0.3 is 19.5 Å². The second-order valence-electron chi connectivity index (χ2n) is 6.79. The van der Waals surface area contributed by atoms with Crippen LogP contribution in [-0.4, -0.2) is 31.4 Å². The molecule has 0 bridgehead atoms. The van der Waals surface area contributed by atoms with Gasteiger partial charge in [0.25, 0.3) is 0 Å². The van der Waals surface area contributed by atoms with Crippen molar-refractivity contribution in [1.82, 2.24) is 5.32 Å². The van der Waals surface area contributed by atoms with Gasteiger partial charge in [0.05, 0.1) is 5.92 Å². The molecule has 0 radical (unpaired) electrons. The number of amides is 1. The highest BCUT2D eigenvalue weighted by Crippen LogP contribution is 2.19. The summed E-state index contributed by atoms with van der Waals surface area (Å²) in [5.41, 5.74) is 0.978. The molecule has 8 heteroatoms. The monoisotopic (exact) mass is 447 g/mol. The van der Waals surface area contributed by atoms with E-state index in [0.29, 0.717) is 30.0 Å². The zero-order chi connectivity index (χ0) is 22.5. The van der Waals surface area contributed by atoms with Crippen LogP contribution in [0.3, 0.4) is 0 Å². The van der Waals surface area contributed by atoms with Crippen LogP contribution < -0.4 is 10.1 Å². The quantitative estimate of drug-likeness (QED) is 0.309. The molecule has 1 N–H and O–H groups in total. The smallest absolute Gasteiger partial charge is 0.410 e. The second-order valence-corrected chi connectivity index (χ2v) is 7.23. The predicted molar refractivity (Wildman–Crippen MR) is 116 cm³/mol. The number of carbonyl (C=O) groups is 3. The normalized spacial score (nSPS) is 11.3. The first kappa shape index (κ1) is 24.2. The average Bonchev–Trinajstić information content (AvgIpc) is 2.75. The van der Waals surface area contributed by atoms with Gasteiger partial charge in [0.15, 0.2) is 0 Å². The van der Waals surface area contributed by atoms with Crippen LogP contribution in [0.4, 0.5) is 4.79 Å². The van der Waals surface area contributed by atoms with Crippen LogP contribution in [0.1, 0.15) is 31.7 Å². The van der Waals surface area contributed by atoms with Crippen LogP contribution in [0, 0.1) is 5.92 Å². The van der Waals surface area contributed by atoms with E-state index >= 15 is 0 Å². The number of carbonyl (C=O) groups excluding carboxylic acids is 3. The number of esters is 2. The van der Waals surface area contributed by atoms with E-state index < -0.39 is 30.7 Å². The lowest BCUT2D eigenvalue weighted by atomic mass is 9.96. The summed E-state index contributed by atoms with van der Waals surface area (Å²) >= 11 is 5.87. The molecule has 0 saturated heterocycles. The summed E-state index contributed by atoms with van der Waals surface area (Å²) in [5.74, 6) is -0.924. The summed E-state index contributed by atoms with van der Waals surface area (Å²) in [4.78, 5) is 35.7. The standard InChI is InChI=1S/C23H26ClNO6/c1-2-6-21(26)29-16-30-23(28)25-14-13-18(15-17-7-4-3-5-8-17)22(27)31-20-11-9-19(24)10-12-20/h3-5,7-12,18H,2,6,13-16H2,1H3,(H,25,28). The third-order valence-electron chi connectivity index (χ3n) is 4.32. The van der Waals surface area contributed by atoms with Crippen LogP contribution in [0.15, 0.2) is 54.6 Å². The number of ether oxygens (including phenoxy) is 3. The van der Waals surface area contributed by atoms with Crippen molar-refractivity contribution in [3.8, 4) is 5.75 Å². The maximum atomic E-state index is 12.7. The molecule has 0 aliphatic heterocycles. The average molecular weight is 448 g/mol. The summed E-state index contributed by atoms with van der Waals surface area (Å²) in [5, 5.41) is 3.10. The van der Waals surface area contributed by atoms with E-state index in [1.165, 1.54) is 0 Å². The van der Waals surface area contributed by atoms with Gasteiger partial charge in [-0.25, -0.2) is 4.79 Å². The summed E-state index contributed by atoms with van der Waals surface area (Å²) in [6.07, 6.45) is 0.987. The second kappa shape index (κ2) is 13.3. The van der Waals surface area contributed by atoms with Gasteiger partial charge in [-0.15, -0.1) is 0 Å². The van der Waals surface area contributed by atoms with Crippen LogP contribution in [0.25, 0.3) is 0 Å². The Morgan fingerprint density at radius 2 is 1.71 bits per heavy atom. The lowest BCUT2D eigenvalue weighted by Crippen LogP contribution is -2.31. The molecule has 0 aromatic heterocycles. The molecule has 0 spiro atoms. The highest BCUT2D eigenvalue weighted by Gasteiger charge is 2.22. The first-order valence-electron chi connectivity index (χ1n) is 10.1. The fourth-order valence-corrected chi connectivity index (χ4v) is 2.85. The lowest BCUT2D eigenvalue weighted by Gasteiger charge is -2.16. The zero-order valence-corrected chi connectivity index (χ0v) is 18.1. The number of nitrogens with one attached hydrogen (secondary N) is 1. The predicted octanol–water partition coefficient (Wildman–Crippen LogP) is 4.52. The van der Waals surface area contributed by atoms with Crippen molar-refractivity contribution in [3.63, 3.8) is 0 Å². The largest absolute Gasteiger partial charge is 0.428 e. The summed E-state index contributed by atoms with van der Waals surface area (Å²) < 4.78 is 15.0. The van der Waals surface area contributed by atoms with Crippen molar-refractivity contribution in [1.29, 1.82) is 0 Å². The summed E-state index contributed by atoms with van der Waals surface area (Å²) in [6, 6.07) is 16.1. The van der Waals surface area contributed by atoms with E-state index in [0.717, 1.165) is 5.56 Å². The molecule has 0 saturated carbocycles. The number of hydrogen-bond donors (Lipinski definition) is 1. The van der Waals surface area contributed by atoms with Gasteiger partial charge in [-0.2, -0.15) is 0 Å². The molecule has 7 nitrogen and oxygen atoms in total. The van der Waals surface area contributed by atoms with Gasteiger partial charge in [-0.1, -0.05) is 48.9 Å². The summed E-state index contributed by atoms with van der Waals surface area (Å²) in [7, 11) is 0. The Morgan fingerprint density at radius 1 is 1.00 bits per heavy atom. The number of halogens is 1. The molecule has 166 valence electrons. The van der Waals surface area contributed by atoms with Crippen molar-refractivity contribution in [2.75, 3.05) is 13.3 Å². The Bertz CT molecular complexity index is 841. The van der Waals surface area contributed by atoms with Crippen molar-refractivity contribution >= 4 is 29.6 Å². The minimum atomic E-state index is -0.728. The van der Waals surface area contributed by atoms with Gasteiger partial charge in [0, 0.05) is 18.0 Å². The van der Waals surface area contributed by atoms with Gasteiger partial charge in [-0.3, -0.25) is 9.59 Å². The molecule has 31 heavy (non-hydrogen) atoms. The van der Waals surface area contributed by atoms with Gasteiger partial charge in [0.2, 0.25) is 6.79 Å². The summed E-state index contributed by atoms with van der Waals surface area (Å²) in [6.45, 7) is 1.59. The maximum Gasteiger partial charge on any atom is 0.410 e. The Kier molecular flexibility index (Phi) is 10.4. The third-order valence-corrected chi connectivity index (χ3v) is 4.57.